The van der Waals surface area contributed by atoms with E-state index in [-0.39, 0.29) is 5.92 Å². The van der Waals surface area contributed by atoms with Gasteiger partial charge in [0.1, 0.15) is 0 Å². The maximum absolute atomic E-state index is 4.55. The molecule has 0 aliphatic rings. The minimum atomic E-state index is 0.245. The topological polar surface area (TPSA) is 12.4 Å². The maximum Gasteiger partial charge on any atom is 0.0439 e. The van der Waals surface area contributed by atoms with Crippen molar-refractivity contribution in [2.24, 2.45) is 4.99 Å². The summed E-state index contributed by atoms with van der Waals surface area (Å²) in [6, 6.07) is 21.4. The molecule has 2 aromatic carbocycles. The van der Waals surface area contributed by atoms with E-state index in [2.05, 4.69) is 73.6 Å². The molecule has 0 N–H and O–H groups in total. The van der Waals surface area contributed by atoms with Crippen molar-refractivity contribution in [1.82, 2.24) is 0 Å². The average Bonchev–Trinajstić information content (AvgIpc) is 2.41. The Labute approximate surface area is 109 Å². The SMILES string of the molecule is CC(C)N=CC(c1ccccc1)c1ccccc1. The molecule has 0 atom stereocenters. The number of hydrogen-bond acceptors (Lipinski definition) is 1. The summed E-state index contributed by atoms with van der Waals surface area (Å²) in [5.74, 6) is 0.245. The lowest BCUT2D eigenvalue weighted by Crippen LogP contribution is -2.04. The summed E-state index contributed by atoms with van der Waals surface area (Å²) in [6.45, 7) is 4.20. The summed E-state index contributed by atoms with van der Waals surface area (Å²) in [5.41, 5.74) is 2.57. The summed E-state index contributed by atoms with van der Waals surface area (Å²) >= 11 is 0. The van der Waals surface area contributed by atoms with Crippen molar-refractivity contribution in [3.05, 3.63) is 71.8 Å². The molecule has 0 saturated carbocycles. The second kappa shape index (κ2) is 6.15. The lowest BCUT2D eigenvalue weighted by Gasteiger charge is -2.13. The Morgan fingerprint density at radius 1 is 0.778 bits per heavy atom. The number of nitrogens with zero attached hydrogens (tertiary/aromatic N) is 1. The largest absolute Gasteiger partial charge is 0.294 e. The van der Waals surface area contributed by atoms with Crippen molar-refractivity contribution in [2.45, 2.75) is 25.8 Å². The van der Waals surface area contributed by atoms with Crippen molar-refractivity contribution in [2.75, 3.05) is 0 Å². The zero-order chi connectivity index (χ0) is 12.8. The van der Waals surface area contributed by atoms with Gasteiger partial charge in [-0.25, -0.2) is 0 Å². The van der Waals surface area contributed by atoms with Gasteiger partial charge in [-0.2, -0.15) is 0 Å². The number of hydrogen-bond donors (Lipinski definition) is 0. The van der Waals surface area contributed by atoms with Gasteiger partial charge in [0, 0.05) is 18.2 Å². The monoisotopic (exact) mass is 237 g/mol. The first-order valence-corrected chi connectivity index (χ1v) is 6.40. The Balaban J connectivity index is 2.35. The van der Waals surface area contributed by atoms with Gasteiger partial charge >= 0.3 is 0 Å². The van der Waals surface area contributed by atoms with Crippen LogP contribution >= 0.6 is 0 Å². The number of benzene rings is 2. The normalized spacial score (nSPS) is 11.6. The zero-order valence-electron chi connectivity index (χ0n) is 11.0. The minimum Gasteiger partial charge on any atom is -0.294 e. The van der Waals surface area contributed by atoms with Crippen LogP contribution in [0.3, 0.4) is 0 Å². The lowest BCUT2D eigenvalue weighted by atomic mass is 9.92. The number of aliphatic imine (C=N–C) groups is 1. The molecule has 0 aliphatic carbocycles. The van der Waals surface area contributed by atoms with Crippen LogP contribution in [0.4, 0.5) is 0 Å². The van der Waals surface area contributed by atoms with E-state index < -0.39 is 0 Å². The van der Waals surface area contributed by atoms with Gasteiger partial charge in [0.15, 0.2) is 0 Å². The predicted octanol–water partition coefficient (Wildman–Crippen LogP) is 4.30. The van der Waals surface area contributed by atoms with Gasteiger partial charge in [-0.15, -0.1) is 0 Å². The first-order valence-electron chi connectivity index (χ1n) is 6.40. The third kappa shape index (κ3) is 3.30. The van der Waals surface area contributed by atoms with Gasteiger partial charge in [-0.3, -0.25) is 4.99 Å². The van der Waals surface area contributed by atoms with E-state index in [9.17, 15) is 0 Å². The van der Waals surface area contributed by atoms with Gasteiger partial charge < -0.3 is 0 Å². The Bertz CT molecular complexity index is 446. The van der Waals surface area contributed by atoms with Gasteiger partial charge in [0.2, 0.25) is 0 Å². The molecule has 0 amide bonds. The molecule has 18 heavy (non-hydrogen) atoms. The maximum atomic E-state index is 4.55. The molecule has 0 saturated heterocycles. The third-order valence-electron chi connectivity index (χ3n) is 2.85. The van der Waals surface area contributed by atoms with Crippen molar-refractivity contribution in [1.29, 1.82) is 0 Å². The Hall–Kier alpha value is -1.89. The van der Waals surface area contributed by atoms with Crippen LogP contribution in [0, 0.1) is 0 Å². The van der Waals surface area contributed by atoms with Crippen LogP contribution in [0.1, 0.15) is 30.9 Å². The fourth-order valence-corrected chi connectivity index (χ4v) is 1.94. The summed E-state index contributed by atoms with van der Waals surface area (Å²) in [5, 5.41) is 0. The summed E-state index contributed by atoms with van der Waals surface area (Å²) in [7, 11) is 0. The Morgan fingerprint density at radius 2 is 1.22 bits per heavy atom. The van der Waals surface area contributed by atoms with Crippen LogP contribution in [-0.4, -0.2) is 12.3 Å². The highest BCUT2D eigenvalue weighted by Gasteiger charge is 2.10. The highest BCUT2D eigenvalue weighted by molar-refractivity contribution is 5.73. The Kier molecular flexibility index (Phi) is 4.30. The summed E-state index contributed by atoms with van der Waals surface area (Å²) < 4.78 is 0. The van der Waals surface area contributed by atoms with E-state index >= 15 is 0 Å². The van der Waals surface area contributed by atoms with Crippen molar-refractivity contribution >= 4 is 6.21 Å². The molecule has 92 valence electrons. The highest BCUT2D eigenvalue weighted by atomic mass is 14.7. The molecule has 2 rings (SSSR count). The molecule has 0 radical (unpaired) electrons. The van der Waals surface area contributed by atoms with Crippen LogP contribution < -0.4 is 0 Å². The standard InChI is InChI=1S/C17H19N/c1-14(2)18-13-17(15-9-5-3-6-10-15)16-11-7-4-8-12-16/h3-14,17H,1-2H3. The molecular weight excluding hydrogens is 218 g/mol. The first kappa shape index (κ1) is 12.6. The summed E-state index contributed by atoms with van der Waals surface area (Å²) in [6.07, 6.45) is 2.06. The second-order valence-electron chi connectivity index (χ2n) is 4.69. The van der Waals surface area contributed by atoms with Crippen LogP contribution in [0.25, 0.3) is 0 Å². The quantitative estimate of drug-likeness (QED) is 0.703. The molecule has 0 fully saturated rings. The molecule has 0 bridgehead atoms. The van der Waals surface area contributed by atoms with Gasteiger partial charge in [0.25, 0.3) is 0 Å². The second-order valence-corrected chi connectivity index (χ2v) is 4.69. The van der Waals surface area contributed by atoms with Crippen LogP contribution in [0.15, 0.2) is 65.7 Å². The fourth-order valence-electron chi connectivity index (χ4n) is 1.94. The van der Waals surface area contributed by atoms with Crippen LogP contribution in [-0.2, 0) is 0 Å². The molecule has 2 aromatic rings. The van der Waals surface area contributed by atoms with Gasteiger partial charge in [-0.1, -0.05) is 60.7 Å². The smallest absolute Gasteiger partial charge is 0.0439 e. The highest BCUT2D eigenvalue weighted by Crippen LogP contribution is 2.22. The number of rotatable bonds is 4. The predicted molar refractivity (Wildman–Crippen MR) is 78.4 cm³/mol. The van der Waals surface area contributed by atoms with Crippen molar-refractivity contribution < 1.29 is 0 Å². The summed E-state index contributed by atoms with van der Waals surface area (Å²) in [4.78, 5) is 4.55. The molecule has 0 aliphatic heterocycles. The van der Waals surface area contributed by atoms with E-state index in [1.807, 2.05) is 12.1 Å². The molecule has 0 spiro atoms. The third-order valence-corrected chi connectivity index (χ3v) is 2.85. The minimum absolute atomic E-state index is 0.245. The van der Waals surface area contributed by atoms with E-state index in [4.69, 9.17) is 0 Å². The molecule has 0 aromatic heterocycles. The van der Waals surface area contributed by atoms with E-state index in [1.165, 1.54) is 11.1 Å². The van der Waals surface area contributed by atoms with Gasteiger partial charge in [0.05, 0.1) is 0 Å². The zero-order valence-corrected chi connectivity index (χ0v) is 11.0. The molecule has 0 heterocycles. The lowest BCUT2D eigenvalue weighted by molar-refractivity contribution is 0.833. The molecule has 0 unspecified atom stereocenters. The van der Waals surface area contributed by atoms with Crippen LogP contribution in [0.2, 0.25) is 0 Å². The van der Waals surface area contributed by atoms with Crippen molar-refractivity contribution in [3.63, 3.8) is 0 Å². The average molecular weight is 237 g/mol. The van der Waals surface area contributed by atoms with E-state index in [0.717, 1.165) is 0 Å². The van der Waals surface area contributed by atoms with Crippen molar-refractivity contribution in [3.8, 4) is 0 Å². The molecule has 1 heteroatoms. The van der Waals surface area contributed by atoms with E-state index in [0.29, 0.717) is 6.04 Å². The molecule has 1 nitrogen and oxygen atoms in total. The fraction of sp³-hybridized carbons (Fsp3) is 0.235. The van der Waals surface area contributed by atoms with Gasteiger partial charge in [-0.05, 0) is 25.0 Å². The van der Waals surface area contributed by atoms with E-state index in [1.54, 1.807) is 0 Å². The van der Waals surface area contributed by atoms with Crippen LogP contribution in [0.5, 0.6) is 0 Å². The first-order chi connectivity index (χ1) is 8.77. The molecular formula is C17H19N. The Morgan fingerprint density at radius 3 is 1.61 bits per heavy atom.